The van der Waals surface area contributed by atoms with Gasteiger partial charge in [-0.05, 0) is 74.4 Å². The Bertz CT molecular complexity index is 1050. The van der Waals surface area contributed by atoms with Crippen molar-refractivity contribution in [1.82, 2.24) is 19.8 Å². The van der Waals surface area contributed by atoms with Crippen LogP contribution in [0.1, 0.15) is 54.5 Å². The topological polar surface area (TPSA) is 33.1 Å². The third-order valence-electron chi connectivity index (χ3n) is 5.81. The van der Waals surface area contributed by atoms with Crippen molar-refractivity contribution in [2.75, 3.05) is 6.54 Å². The van der Waals surface area contributed by atoms with E-state index in [1.807, 2.05) is 36.5 Å². The quantitative estimate of drug-likeness (QED) is 0.484. The number of nitrogens with one attached hydrogen (secondary N) is 1. The zero-order chi connectivity index (χ0) is 21.3. The summed E-state index contributed by atoms with van der Waals surface area (Å²) in [5.41, 5.74) is 5.74. The van der Waals surface area contributed by atoms with Crippen LogP contribution in [0.15, 0.2) is 54.7 Å². The Morgan fingerprint density at radius 2 is 1.97 bits per heavy atom. The fourth-order valence-electron chi connectivity index (χ4n) is 4.41. The smallest absolute Gasteiger partial charge is 0.170 e. The summed E-state index contributed by atoms with van der Waals surface area (Å²) in [5, 5.41) is 5.09. The summed E-state index contributed by atoms with van der Waals surface area (Å²) in [6, 6.07) is 16.5. The van der Waals surface area contributed by atoms with Gasteiger partial charge in [0.25, 0.3) is 0 Å². The zero-order valence-electron chi connectivity index (χ0n) is 17.6. The Morgan fingerprint density at radius 3 is 2.67 bits per heavy atom. The van der Waals surface area contributed by atoms with Gasteiger partial charge < -0.3 is 14.8 Å². The number of hydrogen-bond donors (Lipinski definition) is 1. The summed E-state index contributed by atoms with van der Waals surface area (Å²) in [7, 11) is 0. The van der Waals surface area contributed by atoms with Crippen LogP contribution >= 0.6 is 23.8 Å². The number of rotatable bonds is 6. The maximum atomic E-state index is 6.28. The van der Waals surface area contributed by atoms with Crippen LogP contribution in [0.3, 0.4) is 0 Å². The van der Waals surface area contributed by atoms with E-state index in [-0.39, 0.29) is 12.1 Å². The predicted molar refractivity (Wildman–Crippen MR) is 127 cm³/mol. The fourth-order valence-corrected chi connectivity index (χ4v) is 4.93. The van der Waals surface area contributed by atoms with Crippen LogP contribution in [0.25, 0.3) is 5.69 Å². The molecule has 4 rings (SSSR count). The van der Waals surface area contributed by atoms with E-state index >= 15 is 0 Å². The highest BCUT2D eigenvalue weighted by Gasteiger charge is 2.41. The average molecular weight is 439 g/mol. The minimum absolute atomic E-state index is 0.0175. The second-order valence-electron chi connectivity index (χ2n) is 7.82. The highest BCUT2D eigenvalue weighted by Crippen LogP contribution is 2.41. The molecule has 4 nitrogen and oxygen atoms in total. The molecule has 1 saturated heterocycles. The van der Waals surface area contributed by atoms with Crippen molar-refractivity contribution in [3.63, 3.8) is 0 Å². The molecule has 156 valence electrons. The number of aromatic nitrogens is 2. The molecule has 0 aliphatic carbocycles. The van der Waals surface area contributed by atoms with Crippen molar-refractivity contribution in [2.45, 2.75) is 45.7 Å². The summed E-state index contributed by atoms with van der Waals surface area (Å²) >= 11 is 12.0. The highest BCUT2D eigenvalue weighted by molar-refractivity contribution is 7.80. The van der Waals surface area contributed by atoms with Gasteiger partial charge in [0.15, 0.2) is 5.11 Å². The Hall–Kier alpha value is -2.37. The van der Waals surface area contributed by atoms with Crippen molar-refractivity contribution in [1.29, 1.82) is 0 Å². The van der Waals surface area contributed by atoms with E-state index in [0.29, 0.717) is 0 Å². The maximum absolute atomic E-state index is 6.28. The molecule has 1 aliphatic rings. The van der Waals surface area contributed by atoms with Crippen LogP contribution in [-0.2, 0) is 0 Å². The number of halogens is 1. The molecule has 30 heavy (non-hydrogen) atoms. The molecule has 2 atom stereocenters. The van der Waals surface area contributed by atoms with Gasteiger partial charge in [0.1, 0.15) is 0 Å². The van der Waals surface area contributed by atoms with Crippen LogP contribution < -0.4 is 5.32 Å². The lowest BCUT2D eigenvalue weighted by molar-refractivity contribution is 0.312. The predicted octanol–water partition coefficient (Wildman–Crippen LogP) is 5.92. The lowest BCUT2D eigenvalue weighted by Crippen LogP contribution is -2.30. The molecule has 0 unspecified atom stereocenters. The van der Waals surface area contributed by atoms with Crippen molar-refractivity contribution < 1.29 is 0 Å². The van der Waals surface area contributed by atoms with Crippen molar-refractivity contribution in [2.24, 2.45) is 0 Å². The monoisotopic (exact) mass is 438 g/mol. The number of thiocarbonyl (C=S) groups is 1. The summed E-state index contributed by atoms with van der Waals surface area (Å²) < 4.78 is 2.27. The number of unbranched alkanes of at least 4 members (excludes halogenated alkanes) is 1. The Balaban J connectivity index is 1.82. The molecule has 2 aromatic heterocycles. The van der Waals surface area contributed by atoms with E-state index < -0.39 is 0 Å². The Kier molecular flexibility index (Phi) is 6.11. The molecular formula is C24H27ClN4S. The first-order chi connectivity index (χ1) is 14.5. The number of aryl methyl sites for hydroxylation is 1. The molecule has 0 radical (unpaired) electrons. The molecular weight excluding hydrogens is 412 g/mol. The lowest BCUT2D eigenvalue weighted by Gasteiger charge is -2.28. The van der Waals surface area contributed by atoms with Gasteiger partial charge in [-0.3, -0.25) is 4.98 Å². The van der Waals surface area contributed by atoms with Crippen molar-refractivity contribution >= 4 is 28.9 Å². The fraction of sp³-hybridized carbons (Fsp3) is 0.333. The summed E-state index contributed by atoms with van der Waals surface area (Å²) in [6.45, 7) is 7.46. The average Bonchev–Trinajstić information content (AvgIpc) is 3.22. The third-order valence-corrected chi connectivity index (χ3v) is 6.39. The van der Waals surface area contributed by atoms with E-state index in [9.17, 15) is 0 Å². The number of benzene rings is 1. The first-order valence-corrected chi connectivity index (χ1v) is 11.2. The number of nitrogens with zero attached hydrogens (tertiary/aromatic N) is 3. The Labute approximate surface area is 188 Å². The Morgan fingerprint density at radius 1 is 1.13 bits per heavy atom. The minimum Gasteiger partial charge on any atom is -0.352 e. The molecule has 3 aromatic rings. The van der Waals surface area contributed by atoms with Crippen LogP contribution in [0.4, 0.5) is 0 Å². The molecule has 0 bridgehead atoms. The van der Waals surface area contributed by atoms with Gasteiger partial charge in [0.05, 0.1) is 17.8 Å². The first-order valence-electron chi connectivity index (χ1n) is 10.4. The lowest BCUT2D eigenvalue weighted by atomic mass is 9.96. The van der Waals surface area contributed by atoms with Gasteiger partial charge in [0.2, 0.25) is 0 Å². The van der Waals surface area contributed by atoms with Crippen molar-refractivity contribution in [3.05, 3.63) is 82.4 Å². The number of pyridine rings is 1. The van der Waals surface area contributed by atoms with E-state index in [0.717, 1.165) is 40.9 Å². The van der Waals surface area contributed by atoms with Crippen LogP contribution in [0.2, 0.25) is 5.02 Å². The standard InChI is InChI=1S/C24H27ClN4S/c1-4-5-13-28-23(22(27-24(28)30)21-11-6-7-12-26-21)20-14-16(2)29(17(20)3)19-10-8-9-18(25)15-19/h6-12,14-15,22-23H,4-5,13H2,1-3H3,(H,27,30)/t22-,23-/m1/s1. The van der Waals surface area contributed by atoms with Crippen LogP contribution in [-0.4, -0.2) is 26.1 Å². The molecule has 3 heterocycles. The van der Waals surface area contributed by atoms with Gasteiger partial charge in [-0.15, -0.1) is 0 Å². The van der Waals surface area contributed by atoms with Gasteiger partial charge in [-0.1, -0.05) is 37.1 Å². The summed E-state index contributed by atoms with van der Waals surface area (Å²) in [4.78, 5) is 6.98. The molecule has 1 aliphatic heterocycles. The van der Waals surface area contributed by atoms with E-state index in [4.69, 9.17) is 23.8 Å². The molecule has 1 N–H and O–H groups in total. The zero-order valence-corrected chi connectivity index (χ0v) is 19.2. The van der Waals surface area contributed by atoms with Gasteiger partial charge in [-0.2, -0.15) is 0 Å². The normalized spacial score (nSPS) is 18.7. The minimum atomic E-state index is 0.0175. The largest absolute Gasteiger partial charge is 0.352 e. The van der Waals surface area contributed by atoms with E-state index in [1.54, 1.807) is 0 Å². The van der Waals surface area contributed by atoms with E-state index in [2.05, 4.69) is 58.7 Å². The SMILES string of the molecule is CCCCN1C(=S)N[C@H](c2ccccn2)[C@H]1c1cc(C)n(-c2cccc(Cl)c2)c1C. The maximum Gasteiger partial charge on any atom is 0.170 e. The second-order valence-corrected chi connectivity index (χ2v) is 8.64. The molecule has 0 amide bonds. The molecule has 0 spiro atoms. The third kappa shape index (κ3) is 3.84. The first kappa shape index (κ1) is 20.9. The number of hydrogen-bond acceptors (Lipinski definition) is 2. The molecule has 6 heteroatoms. The molecule has 0 saturated carbocycles. The van der Waals surface area contributed by atoms with Crippen LogP contribution in [0.5, 0.6) is 0 Å². The summed E-state index contributed by atoms with van der Waals surface area (Å²) in [5.74, 6) is 0. The van der Waals surface area contributed by atoms with Gasteiger partial charge in [0, 0.05) is 34.8 Å². The molecule has 1 aromatic carbocycles. The molecule has 1 fully saturated rings. The van der Waals surface area contributed by atoms with Gasteiger partial charge in [-0.25, -0.2) is 0 Å². The van der Waals surface area contributed by atoms with Crippen LogP contribution in [0, 0.1) is 13.8 Å². The van der Waals surface area contributed by atoms with Crippen molar-refractivity contribution in [3.8, 4) is 5.69 Å². The summed E-state index contributed by atoms with van der Waals surface area (Å²) in [6.07, 6.45) is 4.07. The van der Waals surface area contributed by atoms with E-state index in [1.165, 1.54) is 17.0 Å². The second kappa shape index (κ2) is 8.78. The van der Waals surface area contributed by atoms with Gasteiger partial charge >= 0.3 is 0 Å². The highest BCUT2D eigenvalue weighted by atomic mass is 35.5.